The van der Waals surface area contributed by atoms with Gasteiger partial charge in [0.25, 0.3) is 0 Å². The molecule has 0 amide bonds. The third kappa shape index (κ3) is 2.67. The monoisotopic (exact) mass is 315 g/mol. The van der Waals surface area contributed by atoms with E-state index in [0.717, 1.165) is 34.8 Å². The lowest BCUT2D eigenvalue weighted by atomic mass is 10.1. The van der Waals surface area contributed by atoms with E-state index in [9.17, 15) is 0 Å². The lowest BCUT2D eigenvalue weighted by Gasteiger charge is -2.10. The fraction of sp³-hybridized carbons (Fsp3) is 0.235. The highest BCUT2D eigenvalue weighted by Gasteiger charge is 2.16. The van der Waals surface area contributed by atoms with Crippen molar-refractivity contribution in [1.82, 2.24) is 9.38 Å². The maximum atomic E-state index is 6.12. The molecule has 1 aromatic carbocycles. The molecule has 0 aliphatic rings. The molecule has 114 valence electrons. The summed E-state index contributed by atoms with van der Waals surface area (Å²) in [7, 11) is 0. The molecule has 0 unspecified atom stereocenters. The van der Waals surface area contributed by atoms with E-state index in [1.807, 2.05) is 53.9 Å². The van der Waals surface area contributed by atoms with Crippen LogP contribution in [-0.2, 0) is 6.42 Å². The highest BCUT2D eigenvalue weighted by Crippen LogP contribution is 2.33. The molecule has 3 aromatic rings. The van der Waals surface area contributed by atoms with Crippen molar-refractivity contribution in [3.05, 3.63) is 53.3 Å². The second kappa shape index (κ2) is 6.38. The van der Waals surface area contributed by atoms with E-state index in [1.165, 1.54) is 0 Å². The van der Waals surface area contributed by atoms with Crippen molar-refractivity contribution < 1.29 is 4.74 Å². The predicted molar refractivity (Wildman–Crippen MR) is 89.6 cm³/mol. The Balaban J connectivity index is 2.24. The van der Waals surface area contributed by atoms with Gasteiger partial charge in [0.1, 0.15) is 11.4 Å². The van der Waals surface area contributed by atoms with Crippen LogP contribution in [0.3, 0.4) is 0 Å². The SMILES string of the molecule is CCOc1ccccc1-c1nc2ccc(Cl)cn2c1CCN. The summed E-state index contributed by atoms with van der Waals surface area (Å²) >= 11 is 6.12. The predicted octanol–water partition coefficient (Wildman–Crippen LogP) is 3.55. The van der Waals surface area contributed by atoms with Gasteiger partial charge >= 0.3 is 0 Å². The third-order valence-corrected chi connectivity index (χ3v) is 3.73. The molecular formula is C17H18ClN3O. The van der Waals surface area contributed by atoms with Crippen LogP contribution in [0.1, 0.15) is 12.6 Å². The van der Waals surface area contributed by atoms with Crippen LogP contribution in [0.2, 0.25) is 5.02 Å². The standard InChI is InChI=1S/C17H18ClN3O/c1-2-22-15-6-4-3-5-13(15)17-14(9-10-19)21-11-12(18)7-8-16(21)20-17/h3-8,11H,2,9-10,19H2,1H3. The van der Waals surface area contributed by atoms with Crippen LogP contribution in [0.15, 0.2) is 42.6 Å². The summed E-state index contributed by atoms with van der Waals surface area (Å²) in [5.41, 5.74) is 9.57. The zero-order chi connectivity index (χ0) is 15.5. The number of rotatable bonds is 5. The van der Waals surface area contributed by atoms with Crippen LogP contribution < -0.4 is 10.5 Å². The molecule has 4 nitrogen and oxygen atoms in total. The zero-order valence-electron chi connectivity index (χ0n) is 12.4. The van der Waals surface area contributed by atoms with Crippen LogP contribution in [0.25, 0.3) is 16.9 Å². The van der Waals surface area contributed by atoms with Crippen molar-refractivity contribution in [3.63, 3.8) is 0 Å². The Labute approximate surface area is 134 Å². The average molecular weight is 316 g/mol. The quantitative estimate of drug-likeness (QED) is 0.783. The van der Waals surface area contributed by atoms with Crippen molar-refractivity contribution in [1.29, 1.82) is 0 Å². The number of nitrogens with zero attached hydrogens (tertiary/aromatic N) is 2. The van der Waals surface area contributed by atoms with Gasteiger partial charge in [0.2, 0.25) is 0 Å². The van der Waals surface area contributed by atoms with Crippen LogP contribution in [-0.4, -0.2) is 22.5 Å². The number of benzene rings is 1. The summed E-state index contributed by atoms with van der Waals surface area (Å²) in [6.07, 6.45) is 2.60. The second-order valence-electron chi connectivity index (χ2n) is 4.95. The molecular weight excluding hydrogens is 298 g/mol. The normalized spacial score (nSPS) is 11.0. The molecule has 3 rings (SSSR count). The summed E-state index contributed by atoms with van der Waals surface area (Å²) in [4.78, 5) is 4.75. The van der Waals surface area contributed by atoms with Gasteiger partial charge in [-0.25, -0.2) is 4.98 Å². The topological polar surface area (TPSA) is 52.5 Å². The maximum absolute atomic E-state index is 6.12. The molecule has 0 bridgehead atoms. The maximum Gasteiger partial charge on any atom is 0.137 e. The molecule has 0 aliphatic carbocycles. The van der Waals surface area contributed by atoms with Gasteiger partial charge in [-0.2, -0.15) is 0 Å². The Morgan fingerprint density at radius 2 is 2.05 bits per heavy atom. The van der Waals surface area contributed by atoms with E-state index >= 15 is 0 Å². The minimum absolute atomic E-state index is 0.546. The summed E-state index contributed by atoms with van der Waals surface area (Å²) in [5.74, 6) is 0.831. The molecule has 0 aliphatic heterocycles. The van der Waals surface area contributed by atoms with Crippen molar-refractivity contribution in [2.75, 3.05) is 13.2 Å². The largest absolute Gasteiger partial charge is 0.493 e. The molecule has 0 saturated heterocycles. The Bertz CT molecular complexity index is 798. The number of hydrogen-bond donors (Lipinski definition) is 1. The van der Waals surface area contributed by atoms with Gasteiger partial charge in [0.05, 0.1) is 23.0 Å². The highest BCUT2D eigenvalue weighted by atomic mass is 35.5. The van der Waals surface area contributed by atoms with Gasteiger partial charge in [-0.05, 0) is 37.7 Å². The first kappa shape index (κ1) is 14.9. The number of imidazole rings is 1. The lowest BCUT2D eigenvalue weighted by Crippen LogP contribution is -2.06. The number of halogens is 1. The van der Waals surface area contributed by atoms with Gasteiger partial charge in [0, 0.05) is 18.2 Å². The van der Waals surface area contributed by atoms with Gasteiger partial charge in [-0.3, -0.25) is 0 Å². The van der Waals surface area contributed by atoms with E-state index in [2.05, 4.69) is 0 Å². The van der Waals surface area contributed by atoms with Gasteiger partial charge < -0.3 is 14.9 Å². The van der Waals surface area contributed by atoms with Crippen LogP contribution >= 0.6 is 11.6 Å². The van der Waals surface area contributed by atoms with E-state index in [1.54, 1.807) is 0 Å². The number of hydrogen-bond acceptors (Lipinski definition) is 3. The van der Waals surface area contributed by atoms with Crippen molar-refractivity contribution in [3.8, 4) is 17.0 Å². The number of nitrogens with two attached hydrogens (primary N) is 1. The van der Waals surface area contributed by atoms with Crippen LogP contribution in [0, 0.1) is 0 Å². The zero-order valence-corrected chi connectivity index (χ0v) is 13.2. The smallest absolute Gasteiger partial charge is 0.137 e. The van der Waals surface area contributed by atoms with Gasteiger partial charge in [-0.1, -0.05) is 23.7 Å². The molecule has 0 fully saturated rings. The molecule has 2 aromatic heterocycles. The third-order valence-electron chi connectivity index (χ3n) is 3.50. The fourth-order valence-corrected chi connectivity index (χ4v) is 2.76. The highest BCUT2D eigenvalue weighted by molar-refractivity contribution is 6.30. The molecule has 0 atom stereocenters. The van der Waals surface area contributed by atoms with Crippen molar-refractivity contribution >= 4 is 17.2 Å². The summed E-state index contributed by atoms with van der Waals surface area (Å²) < 4.78 is 7.74. The second-order valence-corrected chi connectivity index (χ2v) is 5.39. The first-order valence-corrected chi connectivity index (χ1v) is 7.71. The molecule has 5 heteroatoms. The van der Waals surface area contributed by atoms with E-state index in [4.69, 9.17) is 27.1 Å². The Morgan fingerprint density at radius 3 is 2.82 bits per heavy atom. The first-order chi connectivity index (χ1) is 10.7. The number of fused-ring (bicyclic) bond motifs is 1. The van der Waals surface area contributed by atoms with Crippen molar-refractivity contribution in [2.45, 2.75) is 13.3 Å². The Morgan fingerprint density at radius 1 is 1.23 bits per heavy atom. The molecule has 2 heterocycles. The van der Waals surface area contributed by atoms with E-state index < -0.39 is 0 Å². The molecule has 0 spiro atoms. The number of pyridine rings is 1. The lowest BCUT2D eigenvalue weighted by molar-refractivity contribution is 0.341. The fourth-order valence-electron chi connectivity index (χ4n) is 2.60. The molecule has 0 saturated carbocycles. The van der Waals surface area contributed by atoms with Crippen LogP contribution in [0.4, 0.5) is 0 Å². The number of para-hydroxylation sites is 1. The van der Waals surface area contributed by atoms with Gasteiger partial charge in [0.15, 0.2) is 0 Å². The van der Waals surface area contributed by atoms with Crippen LogP contribution in [0.5, 0.6) is 5.75 Å². The molecule has 0 radical (unpaired) electrons. The summed E-state index contributed by atoms with van der Waals surface area (Å²) in [6.45, 7) is 3.13. The first-order valence-electron chi connectivity index (χ1n) is 7.33. The van der Waals surface area contributed by atoms with E-state index in [-0.39, 0.29) is 0 Å². The Kier molecular flexibility index (Phi) is 4.32. The summed E-state index contributed by atoms with van der Waals surface area (Å²) in [5, 5.41) is 0.674. The minimum Gasteiger partial charge on any atom is -0.493 e. The molecule has 22 heavy (non-hydrogen) atoms. The Hall–Kier alpha value is -2.04. The van der Waals surface area contributed by atoms with Gasteiger partial charge in [-0.15, -0.1) is 0 Å². The number of ether oxygens (including phenoxy) is 1. The average Bonchev–Trinajstić information content (AvgIpc) is 2.87. The minimum atomic E-state index is 0.546. The van der Waals surface area contributed by atoms with E-state index in [0.29, 0.717) is 18.2 Å². The number of aromatic nitrogens is 2. The summed E-state index contributed by atoms with van der Waals surface area (Å²) in [6, 6.07) is 11.7. The van der Waals surface area contributed by atoms with Crippen molar-refractivity contribution in [2.24, 2.45) is 5.73 Å². The molecule has 2 N–H and O–H groups in total.